The van der Waals surface area contributed by atoms with Crippen LogP contribution in [0.4, 0.5) is 0 Å². The molecule has 0 atom stereocenters. The van der Waals surface area contributed by atoms with Crippen molar-refractivity contribution in [1.29, 1.82) is 0 Å². The standard InChI is InChI=1S/C20H23N3O2/c1-14-7-6-8-15(2)20(14)25-12-11-23-18-10-5-4-9-17(18)22-19(23)13-21-16(3)24/h4-10H,11-13H2,1-3H3,(H,21,24). The minimum atomic E-state index is -0.0645. The van der Waals surface area contributed by atoms with Crippen molar-refractivity contribution in [3.8, 4) is 5.75 Å². The first-order chi connectivity index (χ1) is 12.1. The van der Waals surface area contributed by atoms with Crippen LogP contribution < -0.4 is 10.1 Å². The Morgan fingerprint density at radius 1 is 1.12 bits per heavy atom. The zero-order valence-electron chi connectivity index (χ0n) is 14.9. The van der Waals surface area contributed by atoms with Gasteiger partial charge in [-0.2, -0.15) is 0 Å². The molecule has 0 saturated carbocycles. The first kappa shape index (κ1) is 17.0. The lowest BCUT2D eigenvalue weighted by molar-refractivity contribution is -0.119. The van der Waals surface area contributed by atoms with E-state index in [1.165, 1.54) is 6.92 Å². The lowest BCUT2D eigenvalue weighted by atomic mass is 10.1. The van der Waals surface area contributed by atoms with E-state index < -0.39 is 0 Å². The second-order valence-corrected chi connectivity index (χ2v) is 6.15. The van der Waals surface area contributed by atoms with Crippen molar-refractivity contribution in [3.63, 3.8) is 0 Å². The summed E-state index contributed by atoms with van der Waals surface area (Å²) in [7, 11) is 0. The Bertz CT molecular complexity index is 879. The molecule has 1 heterocycles. The van der Waals surface area contributed by atoms with Crippen LogP contribution in [0.2, 0.25) is 0 Å². The number of hydrogen-bond donors (Lipinski definition) is 1. The Morgan fingerprint density at radius 2 is 1.84 bits per heavy atom. The molecule has 1 aromatic heterocycles. The van der Waals surface area contributed by atoms with E-state index >= 15 is 0 Å². The van der Waals surface area contributed by atoms with Crippen LogP contribution in [0.1, 0.15) is 23.9 Å². The summed E-state index contributed by atoms with van der Waals surface area (Å²) in [6, 6.07) is 14.1. The summed E-state index contributed by atoms with van der Waals surface area (Å²) in [5.41, 5.74) is 4.24. The van der Waals surface area contributed by atoms with Gasteiger partial charge in [0, 0.05) is 6.92 Å². The Kier molecular flexibility index (Phi) is 5.03. The maximum absolute atomic E-state index is 11.2. The molecule has 5 nitrogen and oxygen atoms in total. The summed E-state index contributed by atoms with van der Waals surface area (Å²) in [6.07, 6.45) is 0. The third-order valence-corrected chi connectivity index (χ3v) is 4.20. The van der Waals surface area contributed by atoms with Gasteiger partial charge < -0.3 is 14.6 Å². The molecule has 0 radical (unpaired) electrons. The predicted octanol–water partition coefficient (Wildman–Crippen LogP) is 3.37. The van der Waals surface area contributed by atoms with Gasteiger partial charge in [-0.25, -0.2) is 4.98 Å². The van der Waals surface area contributed by atoms with E-state index in [4.69, 9.17) is 4.74 Å². The highest BCUT2D eigenvalue weighted by atomic mass is 16.5. The molecule has 1 N–H and O–H groups in total. The highest BCUT2D eigenvalue weighted by Crippen LogP contribution is 2.23. The molecule has 0 aliphatic rings. The average Bonchev–Trinajstić information content (AvgIpc) is 2.93. The lowest BCUT2D eigenvalue weighted by Gasteiger charge is -2.14. The average molecular weight is 337 g/mol. The minimum Gasteiger partial charge on any atom is -0.491 e. The molecule has 130 valence electrons. The molecule has 0 aliphatic heterocycles. The summed E-state index contributed by atoms with van der Waals surface area (Å²) < 4.78 is 8.14. The summed E-state index contributed by atoms with van der Waals surface area (Å²) >= 11 is 0. The Labute approximate surface area is 147 Å². The number of imidazole rings is 1. The minimum absolute atomic E-state index is 0.0645. The number of ether oxygens (including phenoxy) is 1. The van der Waals surface area contributed by atoms with Gasteiger partial charge in [-0.15, -0.1) is 0 Å². The zero-order valence-corrected chi connectivity index (χ0v) is 14.9. The highest BCUT2D eigenvalue weighted by molar-refractivity contribution is 5.76. The molecule has 25 heavy (non-hydrogen) atoms. The number of nitrogens with zero attached hydrogens (tertiary/aromatic N) is 2. The molecule has 0 unspecified atom stereocenters. The smallest absolute Gasteiger partial charge is 0.217 e. The van der Waals surface area contributed by atoms with Gasteiger partial charge in [0.15, 0.2) is 0 Å². The van der Waals surface area contributed by atoms with Crippen LogP contribution in [0.5, 0.6) is 5.75 Å². The van der Waals surface area contributed by atoms with E-state index in [2.05, 4.69) is 40.8 Å². The van der Waals surface area contributed by atoms with Crippen LogP contribution in [0, 0.1) is 13.8 Å². The van der Waals surface area contributed by atoms with Crippen LogP contribution in [0.3, 0.4) is 0 Å². The molecule has 3 rings (SSSR count). The molecule has 0 bridgehead atoms. The number of aromatic nitrogens is 2. The van der Waals surface area contributed by atoms with E-state index in [1.54, 1.807) is 0 Å². The molecule has 0 fully saturated rings. The van der Waals surface area contributed by atoms with Gasteiger partial charge in [-0.3, -0.25) is 4.79 Å². The van der Waals surface area contributed by atoms with E-state index in [0.29, 0.717) is 19.7 Å². The molecular formula is C20H23N3O2. The first-order valence-electron chi connectivity index (χ1n) is 8.44. The van der Waals surface area contributed by atoms with Crippen LogP contribution in [-0.2, 0) is 17.9 Å². The van der Waals surface area contributed by atoms with Gasteiger partial charge in [0.05, 0.1) is 24.1 Å². The number of carbonyl (C=O) groups is 1. The number of nitrogens with one attached hydrogen (secondary N) is 1. The molecular weight excluding hydrogens is 314 g/mol. The fraction of sp³-hybridized carbons (Fsp3) is 0.300. The molecule has 1 amide bonds. The zero-order chi connectivity index (χ0) is 17.8. The lowest BCUT2D eigenvalue weighted by Crippen LogP contribution is -2.22. The Morgan fingerprint density at radius 3 is 2.56 bits per heavy atom. The largest absolute Gasteiger partial charge is 0.491 e. The summed E-state index contributed by atoms with van der Waals surface area (Å²) in [5.74, 6) is 1.71. The molecule has 0 aliphatic carbocycles. The van der Waals surface area contributed by atoms with Gasteiger partial charge in [-0.1, -0.05) is 30.3 Å². The number of aryl methyl sites for hydroxylation is 2. The first-order valence-corrected chi connectivity index (χ1v) is 8.44. The van der Waals surface area contributed by atoms with Gasteiger partial charge in [0.1, 0.15) is 18.2 Å². The van der Waals surface area contributed by atoms with Gasteiger partial charge in [-0.05, 0) is 37.1 Å². The normalized spacial score (nSPS) is 10.8. The monoisotopic (exact) mass is 337 g/mol. The molecule has 2 aromatic carbocycles. The quantitative estimate of drug-likeness (QED) is 0.750. The second kappa shape index (κ2) is 7.38. The van der Waals surface area contributed by atoms with E-state index in [0.717, 1.165) is 33.7 Å². The van der Waals surface area contributed by atoms with Crippen molar-refractivity contribution in [2.24, 2.45) is 0 Å². The summed E-state index contributed by atoms with van der Waals surface area (Å²) in [4.78, 5) is 15.9. The van der Waals surface area contributed by atoms with Gasteiger partial charge >= 0.3 is 0 Å². The van der Waals surface area contributed by atoms with E-state index in [9.17, 15) is 4.79 Å². The van der Waals surface area contributed by atoms with Crippen molar-refractivity contribution in [3.05, 3.63) is 59.4 Å². The third-order valence-electron chi connectivity index (χ3n) is 4.20. The second-order valence-electron chi connectivity index (χ2n) is 6.15. The summed E-state index contributed by atoms with van der Waals surface area (Å²) in [5, 5.41) is 2.83. The fourth-order valence-electron chi connectivity index (χ4n) is 2.98. The van der Waals surface area contributed by atoms with Crippen molar-refractivity contribution in [2.45, 2.75) is 33.9 Å². The number of rotatable bonds is 6. The van der Waals surface area contributed by atoms with Crippen molar-refractivity contribution >= 4 is 16.9 Å². The molecule has 3 aromatic rings. The van der Waals surface area contributed by atoms with Crippen molar-refractivity contribution in [2.75, 3.05) is 6.61 Å². The predicted molar refractivity (Wildman–Crippen MR) is 98.7 cm³/mol. The molecule has 5 heteroatoms. The summed E-state index contributed by atoms with van der Waals surface area (Å²) in [6.45, 7) is 7.24. The third kappa shape index (κ3) is 3.82. The van der Waals surface area contributed by atoms with Crippen molar-refractivity contribution in [1.82, 2.24) is 14.9 Å². The van der Waals surface area contributed by atoms with Crippen LogP contribution in [0.25, 0.3) is 11.0 Å². The molecule has 0 spiro atoms. The van der Waals surface area contributed by atoms with Crippen LogP contribution >= 0.6 is 0 Å². The maximum atomic E-state index is 11.2. The SMILES string of the molecule is CC(=O)NCc1nc2ccccc2n1CCOc1c(C)cccc1C. The van der Waals surface area contributed by atoms with Gasteiger partial charge in [0.2, 0.25) is 5.91 Å². The Balaban J connectivity index is 1.80. The van der Waals surface area contributed by atoms with Gasteiger partial charge in [0.25, 0.3) is 0 Å². The van der Waals surface area contributed by atoms with Crippen LogP contribution in [-0.4, -0.2) is 22.1 Å². The maximum Gasteiger partial charge on any atom is 0.217 e. The fourth-order valence-corrected chi connectivity index (χ4v) is 2.98. The van der Waals surface area contributed by atoms with E-state index in [-0.39, 0.29) is 5.91 Å². The highest BCUT2D eigenvalue weighted by Gasteiger charge is 2.11. The number of para-hydroxylation sites is 3. The topological polar surface area (TPSA) is 56.2 Å². The number of carbonyl (C=O) groups excluding carboxylic acids is 1. The Hall–Kier alpha value is -2.82. The van der Waals surface area contributed by atoms with E-state index in [1.807, 2.05) is 30.3 Å². The van der Waals surface area contributed by atoms with Crippen molar-refractivity contribution < 1.29 is 9.53 Å². The number of fused-ring (bicyclic) bond motifs is 1. The number of hydrogen-bond acceptors (Lipinski definition) is 3. The molecule has 0 saturated heterocycles. The number of benzene rings is 2. The number of amides is 1. The van der Waals surface area contributed by atoms with Crippen LogP contribution in [0.15, 0.2) is 42.5 Å².